The Kier molecular flexibility index (Phi) is 8.66. The zero-order valence-corrected chi connectivity index (χ0v) is 9.03. The Bertz CT molecular complexity index is 199. The van der Waals surface area contributed by atoms with Crippen LogP contribution in [-0.2, 0) is 9.53 Å². The second kappa shape index (κ2) is 8.10. The number of rotatable bonds is 2. The summed E-state index contributed by atoms with van der Waals surface area (Å²) in [5, 5.41) is 7.89. The number of nitrogens with zero attached hydrogens (tertiary/aromatic N) is 1. The van der Waals surface area contributed by atoms with Gasteiger partial charge in [-0.3, -0.25) is 0 Å². The molecule has 82 valence electrons. The normalized spacial score (nSPS) is 8.00. The first-order valence-electron chi connectivity index (χ1n) is 4.05. The third-order valence-corrected chi connectivity index (χ3v) is 0.998. The van der Waals surface area contributed by atoms with E-state index in [4.69, 9.17) is 5.11 Å². The standard InChI is InChI=1S/C5H11NO2.C4H6O2/c1-4-8-5(7)6(2)3;1-3(2)4(5)6/h4H2,1-3H3;1H2,2H3,(H,5,6). The molecule has 0 aromatic carbocycles. The van der Waals surface area contributed by atoms with Gasteiger partial charge in [0.25, 0.3) is 0 Å². The summed E-state index contributed by atoms with van der Waals surface area (Å²) in [6.45, 7) is 6.82. The smallest absolute Gasteiger partial charge is 0.409 e. The monoisotopic (exact) mass is 203 g/mol. The van der Waals surface area contributed by atoms with Crippen molar-refractivity contribution in [3.8, 4) is 0 Å². The van der Waals surface area contributed by atoms with E-state index in [1.807, 2.05) is 0 Å². The molecular formula is C9H17NO4. The molecule has 0 radical (unpaired) electrons. The number of hydrogen-bond donors (Lipinski definition) is 1. The van der Waals surface area contributed by atoms with Crippen molar-refractivity contribution in [2.75, 3.05) is 20.7 Å². The van der Waals surface area contributed by atoms with Crippen molar-refractivity contribution in [1.82, 2.24) is 4.90 Å². The Morgan fingerprint density at radius 1 is 1.43 bits per heavy atom. The molecule has 1 N–H and O–H groups in total. The average molecular weight is 203 g/mol. The number of carboxylic acid groups (broad SMARTS) is 1. The lowest BCUT2D eigenvalue weighted by atomic mass is 10.4. The third-order valence-electron chi connectivity index (χ3n) is 0.998. The van der Waals surface area contributed by atoms with Crippen molar-refractivity contribution in [2.45, 2.75) is 13.8 Å². The van der Waals surface area contributed by atoms with Crippen LogP contribution in [0.1, 0.15) is 13.8 Å². The van der Waals surface area contributed by atoms with Gasteiger partial charge >= 0.3 is 12.1 Å². The van der Waals surface area contributed by atoms with Crippen LogP contribution in [0.3, 0.4) is 0 Å². The molecule has 0 saturated carbocycles. The average Bonchev–Trinajstić information content (AvgIpc) is 2.05. The lowest BCUT2D eigenvalue weighted by Gasteiger charge is -2.07. The van der Waals surface area contributed by atoms with Gasteiger partial charge in [0.1, 0.15) is 0 Å². The second-order valence-corrected chi connectivity index (χ2v) is 2.68. The molecule has 5 nitrogen and oxygen atoms in total. The lowest BCUT2D eigenvalue weighted by molar-refractivity contribution is -0.132. The largest absolute Gasteiger partial charge is 0.478 e. The summed E-state index contributed by atoms with van der Waals surface area (Å²) in [4.78, 5) is 21.4. The molecule has 0 aromatic rings. The molecule has 0 aliphatic rings. The molecule has 14 heavy (non-hydrogen) atoms. The van der Waals surface area contributed by atoms with Crippen LogP contribution in [-0.4, -0.2) is 42.8 Å². The Morgan fingerprint density at radius 3 is 1.86 bits per heavy atom. The van der Waals surface area contributed by atoms with E-state index in [9.17, 15) is 9.59 Å². The van der Waals surface area contributed by atoms with Gasteiger partial charge < -0.3 is 14.7 Å². The predicted molar refractivity (Wildman–Crippen MR) is 53.2 cm³/mol. The summed E-state index contributed by atoms with van der Waals surface area (Å²) < 4.78 is 4.59. The van der Waals surface area contributed by atoms with E-state index in [-0.39, 0.29) is 11.7 Å². The first-order chi connectivity index (χ1) is 6.32. The van der Waals surface area contributed by atoms with Crippen molar-refractivity contribution in [3.63, 3.8) is 0 Å². The van der Waals surface area contributed by atoms with E-state index in [0.717, 1.165) is 0 Å². The van der Waals surface area contributed by atoms with Crippen molar-refractivity contribution in [1.29, 1.82) is 0 Å². The maximum absolute atomic E-state index is 10.4. The number of carboxylic acids is 1. The van der Waals surface area contributed by atoms with E-state index in [2.05, 4.69) is 11.3 Å². The van der Waals surface area contributed by atoms with E-state index in [1.165, 1.54) is 11.8 Å². The molecule has 1 amide bonds. The molecular weight excluding hydrogens is 186 g/mol. The fourth-order valence-corrected chi connectivity index (χ4v) is 0.253. The van der Waals surface area contributed by atoms with Gasteiger partial charge in [0, 0.05) is 19.7 Å². The topological polar surface area (TPSA) is 66.8 Å². The molecule has 0 aliphatic heterocycles. The zero-order valence-electron chi connectivity index (χ0n) is 9.03. The van der Waals surface area contributed by atoms with Gasteiger partial charge in [-0.25, -0.2) is 9.59 Å². The first kappa shape index (κ1) is 15.0. The Morgan fingerprint density at radius 2 is 1.79 bits per heavy atom. The summed E-state index contributed by atoms with van der Waals surface area (Å²) in [6, 6.07) is 0. The van der Waals surface area contributed by atoms with E-state index in [0.29, 0.717) is 6.61 Å². The summed E-state index contributed by atoms with van der Waals surface area (Å²) >= 11 is 0. The van der Waals surface area contributed by atoms with Crippen LogP contribution >= 0.6 is 0 Å². The Hall–Kier alpha value is -1.52. The predicted octanol–water partition coefficient (Wildman–Crippen LogP) is 1.35. The molecule has 0 unspecified atom stereocenters. The minimum atomic E-state index is -0.935. The van der Waals surface area contributed by atoms with Crippen LogP contribution in [0.5, 0.6) is 0 Å². The van der Waals surface area contributed by atoms with Gasteiger partial charge in [-0.1, -0.05) is 6.58 Å². The van der Waals surface area contributed by atoms with Crippen LogP contribution in [0.25, 0.3) is 0 Å². The minimum absolute atomic E-state index is 0.176. The van der Waals surface area contributed by atoms with Crippen molar-refractivity contribution in [3.05, 3.63) is 12.2 Å². The third kappa shape index (κ3) is 10.5. The lowest BCUT2D eigenvalue weighted by Crippen LogP contribution is -2.22. The molecule has 0 spiro atoms. The maximum Gasteiger partial charge on any atom is 0.409 e. The fourth-order valence-electron chi connectivity index (χ4n) is 0.253. The van der Waals surface area contributed by atoms with Gasteiger partial charge in [0.15, 0.2) is 0 Å². The molecule has 0 rings (SSSR count). The van der Waals surface area contributed by atoms with E-state index in [1.54, 1.807) is 21.0 Å². The molecule has 0 atom stereocenters. The van der Waals surface area contributed by atoms with Crippen LogP contribution < -0.4 is 0 Å². The van der Waals surface area contributed by atoms with Crippen LogP contribution in [0, 0.1) is 0 Å². The molecule has 0 heterocycles. The quantitative estimate of drug-likeness (QED) is 0.688. The number of hydrogen-bond acceptors (Lipinski definition) is 3. The number of aliphatic carboxylic acids is 1. The summed E-state index contributed by atoms with van der Waals surface area (Å²) in [5.41, 5.74) is 0.176. The molecule has 0 saturated heterocycles. The highest BCUT2D eigenvalue weighted by molar-refractivity contribution is 5.84. The highest BCUT2D eigenvalue weighted by atomic mass is 16.5. The highest BCUT2D eigenvalue weighted by Gasteiger charge is 1.99. The van der Waals surface area contributed by atoms with Crippen molar-refractivity contribution < 1.29 is 19.4 Å². The summed E-state index contributed by atoms with van der Waals surface area (Å²) in [7, 11) is 3.30. The van der Waals surface area contributed by atoms with Gasteiger partial charge in [0.2, 0.25) is 0 Å². The molecule has 0 aliphatic carbocycles. The molecule has 0 aromatic heterocycles. The van der Waals surface area contributed by atoms with E-state index < -0.39 is 5.97 Å². The SMILES string of the molecule is C=C(C)C(=O)O.CCOC(=O)N(C)C. The van der Waals surface area contributed by atoms with Crippen LogP contribution in [0.2, 0.25) is 0 Å². The fraction of sp³-hybridized carbons (Fsp3) is 0.556. The van der Waals surface area contributed by atoms with E-state index >= 15 is 0 Å². The number of carbonyl (C=O) groups is 2. The molecule has 0 bridgehead atoms. The number of ether oxygens (including phenoxy) is 1. The Balaban J connectivity index is 0. The molecule has 5 heteroatoms. The van der Waals surface area contributed by atoms with Gasteiger partial charge in [-0.05, 0) is 13.8 Å². The summed E-state index contributed by atoms with van der Waals surface area (Å²) in [5.74, 6) is -0.935. The first-order valence-corrected chi connectivity index (χ1v) is 4.05. The zero-order chi connectivity index (χ0) is 11.7. The van der Waals surface area contributed by atoms with Gasteiger partial charge in [0.05, 0.1) is 6.61 Å². The second-order valence-electron chi connectivity index (χ2n) is 2.68. The van der Waals surface area contributed by atoms with Gasteiger partial charge in [-0.2, -0.15) is 0 Å². The summed E-state index contributed by atoms with van der Waals surface area (Å²) in [6.07, 6.45) is -0.285. The number of amides is 1. The van der Waals surface area contributed by atoms with Crippen LogP contribution in [0.4, 0.5) is 4.79 Å². The van der Waals surface area contributed by atoms with Crippen LogP contribution in [0.15, 0.2) is 12.2 Å². The maximum atomic E-state index is 10.4. The van der Waals surface area contributed by atoms with Crippen molar-refractivity contribution in [2.24, 2.45) is 0 Å². The van der Waals surface area contributed by atoms with Gasteiger partial charge in [-0.15, -0.1) is 0 Å². The minimum Gasteiger partial charge on any atom is -0.478 e. The molecule has 0 fully saturated rings. The van der Waals surface area contributed by atoms with Crippen molar-refractivity contribution >= 4 is 12.1 Å². The Labute approximate surface area is 84.0 Å². The number of carbonyl (C=O) groups excluding carboxylic acids is 1. The highest BCUT2D eigenvalue weighted by Crippen LogP contribution is 1.82.